The van der Waals surface area contributed by atoms with Gasteiger partial charge in [0.1, 0.15) is 24.5 Å². The summed E-state index contributed by atoms with van der Waals surface area (Å²) in [4.78, 5) is 25.1. The molecule has 0 bridgehead atoms. The number of pyridine rings is 2. The van der Waals surface area contributed by atoms with Gasteiger partial charge in [-0.2, -0.15) is 4.98 Å². The lowest BCUT2D eigenvalue weighted by atomic mass is 10.1. The lowest BCUT2D eigenvalue weighted by Crippen LogP contribution is -2.50. The zero-order chi connectivity index (χ0) is 29.5. The number of ether oxygens (including phenoxy) is 3. The van der Waals surface area contributed by atoms with Crippen molar-refractivity contribution in [2.24, 2.45) is 0 Å². The van der Waals surface area contributed by atoms with Gasteiger partial charge in [0, 0.05) is 38.3 Å². The standard InChI is InChI=1S/C33H35FN4O4/c1-33(2,3)42-32(39)38-18-16-37(17-19-38)26-20-28(34)30(35-21-26)27-14-15-29(40-22-24-10-6-4-7-11-24)36-31(27)41-23-25-12-8-5-9-13-25/h4-15,20-21H,16-19,22-23H2,1-3H3. The van der Waals surface area contributed by atoms with Gasteiger partial charge in [-0.05, 0) is 38.0 Å². The molecule has 2 aromatic heterocycles. The van der Waals surface area contributed by atoms with Crippen LogP contribution in [0.1, 0.15) is 31.9 Å². The van der Waals surface area contributed by atoms with Crippen LogP contribution in [0.25, 0.3) is 11.3 Å². The molecule has 1 aliphatic rings. The Balaban J connectivity index is 1.32. The average molecular weight is 571 g/mol. The van der Waals surface area contributed by atoms with E-state index in [-0.39, 0.29) is 24.3 Å². The van der Waals surface area contributed by atoms with Crippen molar-refractivity contribution in [1.82, 2.24) is 14.9 Å². The lowest BCUT2D eigenvalue weighted by molar-refractivity contribution is 0.0240. The Labute approximate surface area is 245 Å². The number of aromatic nitrogens is 2. The van der Waals surface area contributed by atoms with E-state index in [0.29, 0.717) is 49.9 Å². The van der Waals surface area contributed by atoms with Gasteiger partial charge in [-0.25, -0.2) is 9.18 Å². The number of amides is 1. The number of hydrogen-bond acceptors (Lipinski definition) is 7. The second-order valence-electron chi connectivity index (χ2n) is 11.0. The Morgan fingerprint density at radius 3 is 2.07 bits per heavy atom. The van der Waals surface area contributed by atoms with Crippen molar-refractivity contribution in [2.75, 3.05) is 31.1 Å². The fourth-order valence-electron chi connectivity index (χ4n) is 4.52. The van der Waals surface area contributed by atoms with Gasteiger partial charge in [-0.1, -0.05) is 60.7 Å². The van der Waals surface area contributed by atoms with Crippen molar-refractivity contribution in [2.45, 2.75) is 39.6 Å². The minimum absolute atomic E-state index is 0.135. The summed E-state index contributed by atoms with van der Waals surface area (Å²) in [6.45, 7) is 8.16. The summed E-state index contributed by atoms with van der Waals surface area (Å²) in [5, 5.41) is 0. The molecule has 3 heterocycles. The molecule has 42 heavy (non-hydrogen) atoms. The fraction of sp³-hybridized carbons (Fsp3) is 0.303. The van der Waals surface area contributed by atoms with Crippen molar-refractivity contribution in [3.8, 4) is 23.0 Å². The van der Waals surface area contributed by atoms with Crippen molar-refractivity contribution in [1.29, 1.82) is 0 Å². The molecule has 1 aliphatic heterocycles. The molecule has 1 saturated heterocycles. The molecule has 1 fully saturated rings. The molecule has 0 spiro atoms. The normalized spacial score (nSPS) is 13.5. The summed E-state index contributed by atoms with van der Waals surface area (Å²) in [5.41, 5.74) is 2.61. The van der Waals surface area contributed by atoms with Crippen molar-refractivity contribution < 1.29 is 23.4 Å². The van der Waals surface area contributed by atoms with Crippen molar-refractivity contribution in [3.05, 3.63) is 102 Å². The zero-order valence-electron chi connectivity index (χ0n) is 24.1. The highest BCUT2D eigenvalue weighted by Gasteiger charge is 2.27. The van der Waals surface area contributed by atoms with Crippen LogP contribution >= 0.6 is 0 Å². The molecule has 0 unspecified atom stereocenters. The van der Waals surface area contributed by atoms with Gasteiger partial charge in [0.2, 0.25) is 11.8 Å². The maximum atomic E-state index is 15.6. The second-order valence-corrected chi connectivity index (χ2v) is 11.0. The molecule has 0 atom stereocenters. The lowest BCUT2D eigenvalue weighted by Gasteiger charge is -2.36. The molecule has 0 radical (unpaired) electrons. The molecule has 9 heteroatoms. The first-order valence-electron chi connectivity index (χ1n) is 14.0. The molecule has 2 aromatic carbocycles. The number of benzene rings is 2. The number of rotatable bonds is 8. The highest BCUT2D eigenvalue weighted by molar-refractivity contribution is 5.69. The third-order valence-electron chi connectivity index (χ3n) is 6.66. The molecule has 4 aromatic rings. The molecule has 1 amide bonds. The third kappa shape index (κ3) is 7.54. The van der Waals surface area contributed by atoms with Gasteiger partial charge in [-0.3, -0.25) is 4.98 Å². The van der Waals surface area contributed by atoms with Crippen molar-refractivity contribution in [3.63, 3.8) is 0 Å². The Hall–Kier alpha value is -4.66. The van der Waals surface area contributed by atoms with Crippen LogP contribution in [0, 0.1) is 5.82 Å². The Morgan fingerprint density at radius 2 is 1.48 bits per heavy atom. The Kier molecular flexibility index (Phi) is 8.85. The van der Waals surface area contributed by atoms with E-state index in [1.54, 1.807) is 23.2 Å². The fourth-order valence-corrected chi connectivity index (χ4v) is 4.52. The topological polar surface area (TPSA) is 77.0 Å². The van der Waals surface area contributed by atoms with Crippen LogP contribution < -0.4 is 14.4 Å². The van der Waals surface area contributed by atoms with E-state index in [2.05, 4.69) is 9.97 Å². The van der Waals surface area contributed by atoms with Gasteiger partial charge in [0.15, 0.2) is 5.82 Å². The molecule has 8 nitrogen and oxygen atoms in total. The van der Waals surface area contributed by atoms with E-state index >= 15 is 4.39 Å². The van der Waals surface area contributed by atoms with Crippen molar-refractivity contribution >= 4 is 11.8 Å². The average Bonchev–Trinajstić information content (AvgIpc) is 2.99. The van der Waals surface area contributed by atoms with Crippen LogP contribution in [0.15, 0.2) is 85.1 Å². The number of halogens is 1. The molecule has 218 valence electrons. The summed E-state index contributed by atoms with van der Waals surface area (Å²) < 4.78 is 33.1. The maximum Gasteiger partial charge on any atom is 0.410 e. The molecule has 0 saturated carbocycles. The molecular formula is C33H35FN4O4. The number of nitrogens with zero attached hydrogens (tertiary/aromatic N) is 4. The van der Waals surface area contributed by atoms with Crippen LogP contribution in [-0.2, 0) is 18.0 Å². The highest BCUT2D eigenvalue weighted by Crippen LogP contribution is 2.33. The quantitative estimate of drug-likeness (QED) is 0.239. The van der Waals surface area contributed by atoms with E-state index < -0.39 is 11.4 Å². The van der Waals surface area contributed by atoms with Crippen LogP contribution in [0.3, 0.4) is 0 Å². The van der Waals surface area contributed by atoms with Gasteiger partial charge < -0.3 is 24.0 Å². The first-order chi connectivity index (χ1) is 20.2. The number of carbonyl (C=O) groups excluding carboxylic acids is 1. The highest BCUT2D eigenvalue weighted by atomic mass is 19.1. The molecule has 0 aliphatic carbocycles. The largest absolute Gasteiger partial charge is 0.473 e. The molecule has 0 N–H and O–H groups in total. The number of anilines is 1. The third-order valence-corrected chi connectivity index (χ3v) is 6.66. The predicted molar refractivity (Wildman–Crippen MR) is 159 cm³/mol. The minimum Gasteiger partial charge on any atom is -0.473 e. The summed E-state index contributed by atoms with van der Waals surface area (Å²) in [6, 6.07) is 24.4. The van der Waals surface area contributed by atoms with E-state index in [9.17, 15) is 4.79 Å². The van der Waals surface area contributed by atoms with Gasteiger partial charge in [0.25, 0.3) is 0 Å². The van der Waals surface area contributed by atoms with Gasteiger partial charge in [0.05, 0.1) is 17.4 Å². The zero-order valence-corrected chi connectivity index (χ0v) is 24.1. The van der Waals surface area contributed by atoms with E-state index in [4.69, 9.17) is 14.2 Å². The van der Waals surface area contributed by atoms with Gasteiger partial charge >= 0.3 is 6.09 Å². The first-order valence-corrected chi connectivity index (χ1v) is 14.0. The summed E-state index contributed by atoms with van der Waals surface area (Å²) in [7, 11) is 0. The number of piperazine rings is 1. The van der Waals surface area contributed by atoms with Crippen LogP contribution in [0.5, 0.6) is 11.8 Å². The summed E-state index contributed by atoms with van der Waals surface area (Å²) in [5.74, 6) is 0.103. The predicted octanol–water partition coefficient (Wildman–Crippen LogP) is 6.50. The summed E-state index contributed by atoms with van der Waals surface area (Å²) in [6.07, 6.45) is 1.30. The maximum absolute atomic E-state index is 15.6. The van der Waals surface area contributed by atoms with Crippen LogP contribution in [0.2, 0.25) is 0 Å². The first kappa shape index (κ1) is 28.9. The van der Waals surface area contributed by atoms with E-state index in [1.807, 2.05) is 86.3 Å². The van der Waals surface area contributed by atoms with Gasteiger partial charge in [-0.15, -0.1) is 0 Å². The smallest absolute Gasteiger partial charge is 0.410 e. The second kappa shape index (κ2) is 12.9. The number of hydrogen-bond donors (Lipinski definition) is 0. The molecular weight excluding hydrogens is 535 g/mol. The minimum atomic E-state index is -0.554. The number of carbonyl (C=O) groups is 1. The Morgan fingerprint density at radius 1 is 0.857 bits per heavy atom. The van der Waals surface area contributed by atoms with Crippen LogP contribution in [-0.4, -0.2) is 52.7 Å². The van der Waals surface area contributed by atoms with E-state index in [0.717, 1.165) is 11.1 Å². The van der Waals surface area contributed by atoms with E-state index in [1.165, 1.54) is 6.07 Å². The Bertz CT molecular complexity index is 1490. The summed E-state index contributed by atoms with van der Waals surface area (Å²) >= 11 is 0. The SMILES string of the molecule is CC(C)(C)OC(=O)N1CCN(c2cnc(-c3ccc(OCc4ccccc4)nc3OCc3ccccc3)c(F)c2)CC1. The monoisotopic (exact) mass is 570 g/mol. The molecule has 5 rings (SSSR count). The van der Waals surface area contributed by atoms with Crippen LogP contribution in [0.4, 0.5) is 14.9 Å².